The third-order valence-corrected chi connectivity index (χ3v) is 5.07. The monoisotopic (exact) mass is 302 g/mol. The normalized spacial score (nSPS) is 13.2. The summed E-state index contributed by atoms with van der Waals surface area (Å²) in [5, 5.41) is 3.32. The molecule has 0 saturated heterocycles. The molecule has 2 N–H and O–H groups in total. The van der Waals surface area contributed by atoms with Crippen molar-refractivity contribution in [3.8, 4) is 0 Å². The molecule has 1 rings (SSSR count). The third kappa shape index (κ3) is 4.71. The van der Waals surface area contributed by atoms with Crippen LogP contribution in [0.1, 0.15) is 20.3 Å². The summed E-state index contributed by atoms with van der Waals surface area (Å²) in [5.74, 6) is 0.950. The highest BCUT2D eigenvalue weighted by atomic mass is 32.2. The molecule has 1 aromatic rings. The molecule has 1 aromatic carbocycles. The van der Waals surface area contributed by atoms with E-state index < -0.39 is 10.0 Å². The molecule has 0 aliphatic heterocycles. The minimum Gasteiger partial charge on any atom is -0.380 e. The van der Waals surface area contributed by atoms with Crippen LogP contribution in [0.25, 0.3) is 0 Å². The average Bonchev–Trinajstić information content (AvgIpc) is 2.38. The smallest absolute Gasteiger partial charge is 0.242 e. The molecule has 4 nitrogen and oxygen atoms in total. The molecule has 0 aromatic heterocycles. The van der Waals surface area contributed by atoms with Gasteiger partial charge in [-0.15, -0.1) is 0 Å². The number of thioether (sulfide) groups is 1. The van der Waals surface area contributed by atoms with Crippen LogP contribution in [0.2, 0.25) is 0 Å². The van der Waals surface area contributed by atoms with Crippen molar-refractivity contribution in [2.75, 3.05) is 23.9 Å². The fourth-order valence-electron chi connectivity index (χ4n) is 1.77. The first-order valence-electron chi connectivity index (χ1n) is 6.39. The zero-order valence-electron chi connectivity index (χ0n) is 11.6. The van der Waals surface area contributed by atoms with Gasteiger partial charge in [-0.3, -0.25) is 0 Å². The van der Waals surface area contributed by atoms with Gasteiger partial charge in [-0.25, -0.2) is 13.1 Å². The van der Waals surface area contributed by atoms with Gasteiger partial charge < -0.3 is 5.32 Å². The molecular weight excluding hydrogens is 280 g/mol. The largest absolute Gasteiger partial charge is 0.380 e. The number of sulfonamides is 1. The first-order valence-corrected chi connectivity index (χ1v) is 9.27. The summed E-state index contributed by atoms with van der Waals surface area (Å²) >= 11 is 1.75. The van der Waals surface area contributed by atoms with Gasteiger partial charge in [0.05, 0.1) is 5.69 Å². The van der Waals surface area contributed by atoms with E-state index in [4.69, 9.17) is 0 Å². The zero-order chi connectivity index (χ0) is 14.3. The van der Waals surface area contributed by atoms with Crippen molar-refractivity contribution in [3.63, 3.8) is 0 Å². The molecule has 0 fully saturated rings. The summed E-state index contributed by atoms with van der Waals surface area (Å²) in [6.07, 6.45) is 3.00. The molecular formula is C13H22N2O2S2. The highest BCUT2D eigenvalue weighted by Gasteiger charge is 2.18. The first-order chi connectivity index (χ1) is 9.05. The van der Waals surface area contributed by atoms with Crippen LogP contribution in [0.3, 0.4) is 0 Å². The van der Waals surface area contributed by atoms with Gasteiger partial charge in [-0.2, -0.15) is 11.8 Å². The van der Waals surface area contributed by atoms with Crippen LogP contribution in [0.5, 0.6) is 0 Å². The quantitative estimate of drug-likeness (QED) is 0.775. The standard InChI is InChI=1S/C13H22N2O2S2/c1-4-11(10-18-3)15-12-8-6-7-9-13(12)19(16,17)14-5-2/h6-9,11,14-15H,4-5,10H2,1-3H3. The van der Waals surface area contributed by atoms with Gasteiger partial charge in [0.2, 0.25) is 10.0 Å². The van der Waals surface area contributed by atoms with Crippen molar-refractivity contribution in [2.24, 2.45) is 0 Å². The SMILES string of the molecule is CCNS(=O)(=O)c1ccccc1NC(CC)CSC. The number of anilines is 1. The average molecular weight is 302 g/mol. The molecule has 1 atom stereocenters. The van der Waals surface area contributed by atoms with E-state index in [0.29, 0.717) is 17.1 Å². The number of nitrogens with one attached hydrogen (secondary N) is 2. The van der Waals surface area contributed by atoms with Crippen molar-refractivity contribution >= 4 is 27.5 Å². The molecule has 0 radical (unpaired) electrons. The van der Waals surface area contributed by atoms with Gasteiger partial charge in [0.1, 0.15) is 4.90 Å². The Hall–Kier alpha value is -0.720. The summed E-state index contributed by atoms with van der Waals surface area (Å²) in [6, 6.07) is 7.30. The van der Waals surface area contributed by atoms with Crippen LogP contribution in [0, 0.1) is 0 Å². The Kier molecular flexibility index (Phi) is 6.68. The van der Waals surface area contributed by atoms with Crippen molar-refractivity contribution < 1.29 is 8.42 Å². The van der Waals surface area contributed by atoms with E-state index in [2.05, 4.69) is 17.0 Å². The Bertz CT molecular complexity index is 489. The predicted octanol–water partition coefficient (Wildman–Crippen LogP) is 2.54. The van der Waals surface area contributed by atoms with Crippen molar-refractivity contribution in [1.82, 2.24) is 4.72 Å². The topological polar surface area (TPSA) is 58.2 Å². The molecule has 0 amide bonds. The molecule has 0 aliphatic carbocycles. The Morgan fingerprint density at radius 3 is 2.53 bits per heavy atom. The summed E-state index contributed by atoms with van der Waals surface area (Å²) in [7, 11) is -3.43. The van der Waals surface area contributed by atoms with E-state index in [-0.39, 0.29) is 6.04 Å². The molecule has 6 heteroatoms. The van der Waals surface area contributed by atoms with Crippen LogP contribution < -0.4 is 10.0 Å². The lowest BCUT2D eigenvalue weighted by Gasteiger charge is -2.19. The third-order valence-electron chi connectivity index (χ3n) is 2.73. The van der Waals surface area contributed by atoms with E-state index in [9.17, 15) is 8.42 Å². The Labute approximate surface area is 120 Å². The highest BCUT2D eigenvalue weighted by Crippen LogP contribution is 2.22. The number of rotatable bonds is 8. The first kappa shape index (κ1) is 16.3. The minimum atomic E-state index is -3.43. The van der Waals surface area contributed by atoms with Gasteiger partial charge in [-0.05, 0) is 24.8 Å². The van der Waals surface area contributed by atoms with Gasteiger partial charge in [0.15, 0.2) is 0 Å². The van der Waals surface area contributed by atoms with Crippen molar-refractivity contribution in [2.45, 2.75) is 31.2 Å². The van der Waals surface area contributed by atoms with Crippen molar-refractivity contribution in [3.05, 3.63) is 24.3 Å². The highest BCUT2D eigenvalue weighted by molar-refractivity contribution is 7.98. The molecule has 0 saturated carbocycles. The second-order valence-electron chi connectivity index (χ2n) is 4.20. The van der Waals surface area contributed by atoms with Gasteiger partial charge in [0.25, 0.3) is 0 Å². The second kappa shape index (κ2) is 7.77. The minimum absolute atomic E-state index is 0.271. The van der Waals surface area contributed by atoms with Gasteiger partial charge in [0, 0.05) is 18.3 Å². The fraction of sp³-hybridized carbons (Fsp3) is 0.538. The van der Waals surface area contributed by atoms with Crippen LogP contribution in [-0.4, -0.2) is 33.0 Å². The van der Waals surface area contributed by atoms with E-state index in [1.165, 1.54) is 0 Å². The maximum Gasteiger partial charge on any atom is 0.242 e. The summed E-state index contributed by atoms with van der Waals surface area (Å²) in [5.41, 5.74) is 0.671. The van der Waals surface area contributed by atoms with E-state index >= 15 is 0 Å². The predicted molar refractivity (Wildman–Crippen MR) is 83.4 cm³/mol. The van der Waals surface area contributed by atoms with E-state index in [1.54, 1.807) is 30.8 Å². The maximum atomic E-state index is 12.1. The Balaban J connectivity index is 3.02. The van der Waals surface area contributed by atoms with E-state index in [1.807, 2.05) is 18.4 Å². The van der Waals surface area contributed by atoms with Crippen LogP contribution in [0.15, 0.2) is 29.2 Å². The molecule has 0 spiro atoms. The van der Waals surface area contributed by atoms with Crippen LogP contribution in [0.4, 0.5) is 5.69 Å². The number of benzene rings is 1. The number of hydrogen-bond donors (Lipinski definition) is 2. The molecule has 108 valence electrons. The zero-order valence-corrected chi connectivity index (χ0v) is 13.3. The lowest BCUT2D eigenvalue weighted by Crippen LogP contribution is -2.27. The maximum absolute atomic E-state index is 12.1. The summed E-state index contributed by atoms with van der Waals surface area (Å²) in [4.78, 5) is 0.316. The van der Waals surface area contributed by atoms with Crippen LogP contribution in [-0.2, 0) is 10.0 Å². The van der Waals surface area contributed by atoms with E-state index in [0.717, 1.165) is 12.2 Å². The number of hydrogen-bond acceptors (Lipinski definition) is 4. The fourth-order valence-corrected chi connectivity index (χ4v) is 3.70. The number of para-hydroxylation sites is 1. The molecule has 1 unspecified atom stereocenters. The summed E-state index contributed by atoms with van der Waals surface area (Å²) < 4.78 is 26.8. The lowest BCUT2D eigenvalue weighted by molar-refractivity contribution is 0.584. The Morgan fingerprint density at radius 1 is 1.26 bits per heavy atom. The summed E-state index contributed by atoms with van der Waals surface area (Å²) in [6.45, 7) is 4.25. The molecule has 19 heavy (non-hydrogen) atoms. The second-order valence-corrected chi connectivity index (χ2v) is 6.85. The Morgan fingerprint density at radius 2 is 1.95 bits per heavy atom. The lowest BCUT2D eigenvalue weighted by atomic mass is 10.2. The molecule has 0 bridgehead atoms. The molecule has 0 aliphatic rings. The van der Waals surface area contributed by atoms with Gasteiger partial charge in [-0.1, -0.05) is 26.0 Å². The van der Waals surface area contributed by atoms with Gasteiger partial charge >= 0.3 is 0 Å². The molecule has 0 heterocycles. The van der Waals surface area contributed by atoms with Crippen LogP contribution >= 0.6 is 11.8 Å². The van der Waals surface area contributed by atoms with Crippen molar-refractivity contribution in [1.29, 1.82) is 0 Å².